The predicted octanol–water partition coefficient (Wildman–Crippen LogP) is 3.02. The van der Waals surface area contributed by atoms with Crippen LogP contribution in [0.1, 0.15) is 4.44 Å². The Morgan fingerprint density at radius 3 is 3.19 bits per heavy atom. The summed E-state index contributed by atoms with van der Waals surface area (Å²) in [5.74, 6) is 1.08. The van der Waals surface area contributed by atoms with Crippen molar-refractivity contribution in [3.63, 3.8) is 0 Å². The molecule has 0 saturated carbocycles. The molecule has 0 atom stereocenters. The van der Waals surface area contributed by atoms with Gasteiger partial charge in [-0.05, 0) is 0 Å². The van der Waals surface area contributed by atoms with Crippen LogP contribution in [0.2, 0.25) is 0 Å². The third kappa shape index (κ3) is 1.20. The molecule has 0 unspecified atom stereocenters. The average molecular weight is 309 g/mol. The molecule has 78 valence electrons. The Morgan fingerprint density at radius 2 is 2.19 bits per heavy atom. The van der Waals surface area contributed by atoms with Gasteiger partial charge in [-0.1, -0.05) is 0 Å². The summed E-state index contributed by atoms with van der Waals surface area (Å²) >= 11 is 4.06. The van der Waals surface area contributed by atoms with E-state index in [-0.39, 0.29) is 14.7 Å². The van der Waals surface area contributed by atoms with E-state index in [0.717, 1.165) is 5.75 Å². The Balaban J connectivity index is 2.13. The Bertz CT molecular complexity index is 686. The van der Waals surface area contributed by atoms with Gasteiger partial charge in [-0.15, -0.1) is 0 Å². The van der Waals surface area contributed by atoms with Crippen LogP contribution in [-0.4, -0.2) is 23.9 Å². The zero-order valence-electron chi connectivity index (χ0n) is 8.14. The standard InChI is InChI=1S/C11H6N2S2Se/c1-2-4-7-6(3-1)10-11(15-7)9-8(5-14-10)16-13-12-9/h1-4H,5H2. The molecular weight excluding hydrogens is 303 g/mol. The molecule has 2 aromatic heterocycles. The number of aromatic nitrogens is 2. The van der Waals surface area contributed by atoms with Gasteiger partial charge in [0.2, 0.25) is 0 Å². The molecule has 3 aromatic rings. The summed E-state index contributed by atoms with van der Waals surface area (Å²) in [4.78, 5) is 2.76. The summed E-state index contributed by atoms with van der Waals surface area (Å²) in [5.41, 5.74) is 1.18. The van der Waals surface area contributed by atoms with Gasteiger partial charge < -0.3 is 0 Å². The third-order valence-corrected chi connectivity index (χ3v) is 7.05. The molecule has 4 rings (SSSR count). The molecule has 16 heavy (non-hydrogen) atoms. The predicted molar refractivity (Wildman–Crippen MR) is 69.4 cm³/mol. The van der Waals surface area contributed by atoms with Crippen molar-refractivity contribution >= 4 is 47.9 Å². The van der Waals surface area contributed by atoms with Crippen molar-refractivity contribution in [1.82, 2.24) is 9.19 Å². The van der Waals surface area contributed by atoms with Crippen LogP contribution >= 0.6 is 23.1 Å². The Labute approximate surface area is 107 Å². The van der Waals surface area contributed by atoms with E-state index in [9.17, 15) is 0 Å². The van der Waals surface area contributed by atoms with E-state index in [1.54, 1.807) is 0 Å². The molecule has 0 saturated heterocycles. The second kappa shape index (κ2) is 3.44. The van der Waals surface area contributed by atoms with Crippen LogP contribution in [0.15, 0.2) is 29.2 Å². The molecule has 0 fully saturated rings. The SMILES string of the molecule is c1ccc2c3c(sc2c1)-c1nn[se]c1CS3. The van der Waals surface area contributed by atoms with E-state index in [1.165, 1.54) is 30.0 Å². The number of benzene rings is 1. The first-order valence-electron chi connectivity index (χ1n) is 4.89. The van der Waals surface area contributed by atoms with Crippen LogP contribution < -0.4 is 0 Å². The van der Waals surface area contributed by atoms with E-state index in [4.69, 9.17) is 0 Å². The summed E-state index contributed by atoms with van der Waals surface area (Å²) < 4.78 is 7.02. The minimum atomic E-state index is 0.260. The van der Waals surface area contributed by atoms with Crippen LogP contribution in [0.3, 0.4) is 0 Å². The number of rotatable bonds is 0. The number of thiophene rings is 1. The maximum atomic E-state index is 4.32. The molecule has 0 aliphatic carbocycles. The van der Waals surface area contributed by atoms with Crippen molar-refractivity contribution in [2.75, 3.05) is 0 Å². The van der Waals surface area contributed by atoms with Gasteiger partial charge in [0.15, 0.2) is 0 Å². The number of nitrogens with zero attached hydrogens (tertiary/aromatic N) is 2. The number of hydrogen-bond acceptors (Lipinski definition) is 4. The maximum absolute atomic E-state index is 4.32. The van der Waals surface area contributed by atoms with Gasteiger partial charge in [-0.25, -0.2) is 0 Å². The number of thioether (sulfide) groups is 1. The fourth-order valence-corrected chi connectivity index (χ4v) is 6.23. The van der Waals surface area contributed by atoms with Crippen molar-refractivity contribution in [3.8, 4) is 10.6 Å². The van der Waals surface area contributed by atoms with E-state index in [2.05, 4.69) is 33.5 Å². The van der Waals surface area contributed by atoms with Crippen molar-refractivity contribution in [2.24, 2.45) is 0 Å². The molecule has 0 bridgehead atoms. The van der Waals surface area contributed by atoms with Gasteiger partial charge in [0.25, 0.3) is 0 Å². The molecule has 0 N–H and O–H groups in total. The van der Waals surface area contributed by atoms with E-state index < -0.39 is 0 Å². The van der Waals surface area contributed by atoms with Gasteiger partial charge in [0.1, 0.15) is 0 Å². The fourth-order valence-electron chi connectivity index (χ4n) is 1.94. The first-order valence-corrected chi connectivity index (χ1v) is 8.32. The summed E-state index contributed by atoms with van der Waals surface area (Å²) in [6.07, 6.45) is 0. The van der Waals surface area contributed by atoms with Gasteiger partial charge >= 0.3 is 107 Å². The van der Waals surface area contributed by atoms with E-state index in [1.807, 2.05) is 23.1 Å². The molecule has 0 spiro atoms. The molecule has 5 heteroatoms. The zero-order chi connectivity index (χ0) is 10.5. The first kappa shape index (κ1) is 9.42. The van der Waals surface area contributed by atoms with Crippen LogP contribution in [0.5, 0.6) is 0 Å². The fraction of sp³-hybridized carbons (Fsp3) is 0.0909. The van der Waals surface area contributed by atoms with Crippen LogP contribution in [0.25, 0.3) is 20.7 Å². The Hall–Kier alpha value is -0.611. The monoisotopic (exact) mass is 310 g/mol. The molecule has 1 aromatic carbocycles. The molecule has 1 aliphatic heterocycles. The summed E-state index contributed by atoms with van der Waals surface area (Å²) in [5, 5.41) is 5.71. The van der Waals surface area contributed by atoms with Gasteiger partial charge in [0, 0.05) is 0 Å². The molecule has 2 nitrogen and oxygen atoms in total. The molecule has 3 heterocycles. The van der Waals surface area contributed by atoms with Crippen molar-refractivity contribution in [1.29, 1.82) is 0 Å². The van der Waals surface area contributed by atoms with E-state index in [0.29, 0.717) is 0 Å². The van der Waals surface area contributed by atoms with E-state index >= 15 is 0 Å². The topological polar surface area (TPSA) is 25.8 Å². The first-order chi connectivity index (χ1) is 7.93. The Morgan fingerprint density at radius 1 is 1.25 bits per heavy atom. The quantitative estimate of drug-likeness (QED) is 0.597. The molecule has 0 radical (unpaired) electrons. The van der Waals surface area contributed by atoms with Gasteiger partial charge in [0.05, 0.1) is 0 Å². The van der Waals surface area contributed by atoms with Crippen LogP contribution in [-0.2, 0) is 5.75 Å². The number of hydrogen-bond donors (Lipinski definition) is 0. The van der Waals surface area contributed by atoms with Crippen LogP contribution in [0, 0.1) is 0 Å². The molecule has 0 amide bonds. The second-order valence-electron chi connectivity index (χ2n) is 3.59. The summed E-state index contributed by atoms with van der Waals surface area (Å²) in [7, 11) is 0. The molecule has 1 aliphatic rings. The normalized spacial score (nSPS) is 13.8. The summed E-state index contributed by atoms with van der Waals surface area (Å²) in [6, 6.07) is 8.61. The van der Waals surface area contributed by atoms with Crippen molar-refractivity contribution in [3.05, 3.63) is 28.7 Å². The Kier molecular flexibility index (Phi) is 2.03. The molecular formula is C11H6N2S2Se. The minimum absolute atomic E-state index is 0.260. The number of fused-ring (bicyclic) bond motifs is 5. The van der Waals surface area contributed by atoms with Gasteiger partial charge in [-0.2, -0.15) is 0 Å². The third-order valence-electron chi connectivity index (χ3n) is 2.67. The van der Waals surface area contributed by atoms with Crippen molar-refractivity contribution < 1.29 is 0 Å². The van der Waals surface area contributed by atoms with Crippen molar-refractivity contribution in [2.45, 2.75) is 10.6 Å². The zero-order valence-corrected chi connectivity index (χ0v) is 11.5. The summed E-state index contributed by atoms with van der Waals surface area (Å²) in [6.45, 7) is 0. The van der Waals surface area contributed by atoms with Gasteiger partial charge in [-0.3, -0.25) is 0 Å². The van der Waals surface area contributed by atoms with Crippen LogP contribution in [0.4, 0.5) is 0 Å². The second-order valence-corrected chi connectivity index (χ2v) is 7.39. The average Bonchev–Trinajstić information content (AvgIpc) is 2.92.